The maximum absolute atomic E-state index is 4.93. The topological polar surface area (TPSA) is 51.0 Å². The lowest BCUT2D eigenvalue weighted by molar-refractivity contribution is 0.483. The largest absolute Gasteiger partial charge is 0.428 e. The maximum Gasteiger partial charge on any atom is 0.216 e. The number of hydrogen-bond donors (Lipinski definition) is 1. The molecular formula is C6H11N3O. The molecule has 0 aromatic carbocycles. The Balaban J connectivity index is 2.15. The molecule has 0 atom stereocenters. The fourth-order valence-corrected chi connectivity index (χ4v) is 0.721. The summed E-state index contributed by atoms with van der Waals surface area (Å²) in [7, 11) is 1.92. The van der Waals surface area contributed by atoms with Crippen molar-refractivity contribution >= 4 is 0 Å². The van der Waals surface area contributed by atoms with Gasteiger partial charge < -0.3 is 9.73 Å². The number of aryl methyl sites for hydroxylation is 1. The van der Waals surface area contributed by atoms with Crippen LogP contribution in [0.2, 0.25) is 0 Å². The Morgan fingerprint density at radius 3 is 3.20 bits per heavy atom. The van der Waals surface area contributed by atoms with E-state index in [0.29, 0.717) is 0 Å². The molecule has 0 unspecified atom stereocenters. The van der Waals surface area contributed by atoms with Crippen molar-refractivity contribution in [2.45, 2.75) is 12.8 Å². The van der Waals surface area contributed by atoms with Gasteiger partial charge in [-0.1, -0.05) is 0 Å². The molecule has 1 heterocycles. The van der Waals surface area contributed by atoms with E-state index in [0.717, 1.165) is 25.3 Å². The van der Waals surface area contributed by atoms with E-state index in [1.807, 2.05) is 7.05 Å². The van der Waals surface area contributed by atoms with Gasteiger partial charge in [0.25, 0.3) is 0 Å². The van der Waals surface area contributed by atoms with Crippen molar-refractivity contribution in [2.75, 3.05) is 13.6 Å². The van der Waals surface area contributed by atoms with Crippen LogP contribution in [0.1, 0.15) is 12.3 Å². The molecule has 0 spiro atoms. The van der Waals surface area contributed by atoms with Crippen molar-refractivity contribution in [3.63, 3.8) is 0 Å². The van der Waals surface area contributed by atoms with Crippen LogP contribution in [-0.2, 0) is 6.42 Å². The second-order valence-electron chi connectivity index (χ2n) is 2.04. The smallest absolute Gasteiger partial charge is 0.216 e. The van der Waals surface area contributed by atoms with E-state index in [1.165, 1.54) is 6.39 Å². The van der Waals surface area contributed by atoms with Gasteiger partial charge in [0.1, 0.15) is 0 Å². The summed E-state index contributed by atoms with van der Waals surface area (Å²) in [5, 5.41) is 10.3. The van der Waals surface area contributed by atoms with Crippen LogP contribution in [0.4, 0.5) is 0 Å². The SMILES string of the molecule is CNCCCc1nnco1. The van der Waals surface area contributed by atoms with Crippen molar-refractivity contribution in [2.24, 2.45) is 0 Å². The van der Waals surface area contributed by atoms with E-state index >= 15 is 0 Å². The average molecular weight is 141 g/mol. The van der Waals surface area contributed by atoms with Crippen molar-refractivity contribution in [3.8, 4) is 0 Å². The van der Waals surface area contributed by atoms with Crippen LogP contribution in [0.3, 0.4) is 0 Å². The van der Waals surface area contributed by atoms with Gasteiger partial charge in [-0.25, -0.2) is 0 Å². The van der Waals surface area contributed by atoms with Crippen molar-refractivity contribution in [3.05, 3.63) is 12.3 Å². The summed E-state index contributed by atoms with van der Waals surface area (Å²) in [6, 6.07) is 0. The van der Waals surface area contributed by atoms with Gasteiger partial charge in [0.05, 0.1) is 0 Å². The Kier molecular flexibility index (Phi) is 2.89. The first kappa shape index (κ1) is 7.21. The number of nitrogens with zero attached hydrogens (tertiary/aromatic N) is 2. The summed E-state index contributed by atoms with van der Waals surface area (Å²) >= 11 is 0. The minimum absolute atomic E-state index is 0.718. The van der Waals surface area contributed by atoms with Crippen LogP contribution in [0.25, 0.3) is 0 Å². The second-order valence-corrected chi connectivity index (χ2v) is 2.04. The van der Waals surface area contributed by atoms with E-state index in [-0.39, 0.29) is 0 Å². The zero-order valence-corrected chi connectivity index (χ0v) is 6.00. The second kappa shape index (κ2) is 4.00. The highest BCUT2D eigenvalue weighted by Gasteiger charge is 1.95. The van der Waals surface area contributed by atoms with Crippen molar-refractivity contribution < 1.29 is 4.42 Å². The molecule has 0 saturated carbocycles. The standard InChI is InChI=1S/C6H11N3O/c1-7-4-2-3-6-9-8-5-10-6/h5,7H,2-4H2,1H3. The molecule has 10 heavy (non-hydrogen) atoms. The number of rotatable bonds is 4. The zero-order chi connectivity index (χ0) is 7.23. The predicted molar refractivity (Wildman–Crippen MR) is 36.5 cm³/mol. The Hall–Kier alpha value is -0.900. The summed E-state index contributed by atoms with van der Waals surface area (Å²) in [6.45, 7) is 0.988. The van der Waals surface area contributed by atoms with E-state index in [2.05, 4.69) is 15.5 Å². The molecule has 4 nitrogen and oxygen atoms in total. The Morgan fingerprint density at radius 2 is 2.60 bits per heavy atom. The van der Waals surface area contributed by atoms with Crippen LogP contribution < -0.4 is 5.32 Å². The van der Waals surface area contributed by atoms with Crippen LogP contribution in [-0.4, -0.2) is 23.8 Å². The van der Waals surface area contributed by atoms with Gasteiger partial charge in [0.15, 0.2) is 0 Å². The minimum atomic E-state index is 0.718. The summed E-state index contributed by atoms with van der Waals surface area (Å²) < 4.78 is 4.93. The summed E-state index contributed by atoms with van der Waals surface area (Å²) in [5.41, 5.74) is 0. The Bertz CT molecular complexity index is 162. The summed E-state index contributed by atoms with van der Waals surface area (Å²) in [5.74, 6) is 0.718. The van der Waals surface area contributed by atoms with Crippen LogP contribution in [0, 0.1) is 0 Å². The number of hydrogen-bond acceptors (Lipinski definition) is 4. The molecular weight excluding hydrogens is 130 g/mol. The fraction of sp³-hybridized carbons (Fsp3) is 0.667. The van der Waals surface area contributed by atoms with Gasteiger partial charge in [-0.15, -0.1) is 10.2 Å². The molecule has 0 saturated heterocycles. The fourth-order valence-electron chi connectivity index (χ4n) is 0.721. The highest BCUT2D eigenvalue weighted by Crippen LogP contribution is 1.94. The van der Waals surface area contributed by atoms with E-state index < -0.39 is 0 Å². The third-order valence-corrected chi connectivity index (χ3v) is 1.22. The molecule has 1 N–H and O–H groups in total. The van der Waals surface area contributed by atoms with Gasteiger partial charge in [-0.2, -0.15) is 0 Å². The number of nitrogens with one attached hydrogen (secondary N) is 1. The first-order chi connectivity index (χ1) is 4.93. The van der Waals surface area contributed by atoms with E-state index in [9.17, 15) is 0 Å². The quantitative estimate of drug-likeness (QED) is 0.609. The zero-order valence-electron chi connectivity index (χ0n) is 6.00. The summed E-state index contributed by atoms with van der Waals surface area (Å²) in [4.78, 5) is 0. The van der Waals surface area contributed by atoms with Gasteiger partial charge >= 0.3 is 0 Å². The van der Waals surface area contributed by atoms with Gasteiger partial charge in [0, 0.05) is 6.42 Å². The highest BCUT2D eigenvalue weighted by molar-refractivity contribution is 4.72. The van der Waals surface area contributed by atoms with Gasteiger partial charge in [-0.3, -0.25) is 0 Å². The Morgan fingerprint density at radius 1 is 1.70 bits per heavy atom. The molecule has 0 amide bonds. The Labute approximate surface area is 59.6 Å². The van der Waals surface area contributed by atoms with Gasteiger partial charge in [0.2, 0.25) is 12.3 Å². The molecule has 0 fully saturated rings. The lowest BCUT2D eigenvalue weighted by Gasteiger charge is -1.93. The maximum atomic E-state index is 4.93. The first-order valence-corrected chi connectivity index (χ1v) is 3.33. The lowest BCUT2D eigenvalue weighted by Crippen LogP contribution is -2.08. The molecule has 0 aliphatic rings. The summed E-state index contributed by atoms with van der Waals surface area (Å²) in [6.07, 6.45) is 3.26. The normalized spacial score (nSPS) is 10.1. The molecule has 0 bridgehead atoms. The predicted octanol–water partition coefficient (Wildman–Crippen LogP) is 0.222. The van der Waals surface area contributed by atoms with Crippen LogP contribution in [0.15, 0.2) is 10.8 Å². The van der Waals surface area contributed by atoms with Crippen molar-refractivity contribution in [1.82, 2.24) is 15.5 Å². The third-order valence-electron chi connectivity index (χ3n) is 1.22. The molecule has 56 valence electrons. The number of aromatic nitrogens is 2. The monoisotopic (exact) mass is 141 g/mol. The average Bonchev–Trinajstić information content (AvgIpc) is 2.41. The van der Waals surface area contributed by atoms with Crippen LogP contribution >= 0.6 is 0 Å². The first-order valence-electron chi connectivity index (χ1n) is 3.33. The third kappa shape index (κ3) is 2.14. The molecule has 4 heteroatoms. The molecule has 0 aliphatic heterocycles. The molecule has 1 rings (SSSR count). The van der Waals surface area contributed by atoms with E-state index in [4.69, 9.17) is 4.42 Å². The van der Waals surface area contributed by atoms with Gasteiger partial charge in [-0.05, 0) is 20.0 Å². The molecule has 1 aromatic heterocycles. The molecule has 0 radical (unpaired) electrons. The van der Waals surface area contributed by atoms with Crippen molar-refractivity contribution in [1.29, 1.82) is 0 Å². The molecule has 1 aromatic rings. The molecule has 0 aliphatic carbocycles. The highest BCUT2D eigenvalue weighted by atomic mass is 16.4. The van der Waals surface area contributed by atoms with Crippen LogP contribution in [0.5, 0.6) is 0 Å². The lowest BCUT2D eigenvalue weighted by atomic mass is 10.3. The minimum Gasteiger partial charge on any atom is -0.428 e. The van der Waals surface area contributed by atoms with E-state index in [1.54, 1.807) is 0 Å².